The number of phosphoric ester groups is 1. The van der Waals surface area contributed by atoms with Crippen LogP contribution in [0.4, 0.5) is 5.82 Å². The Bertz CT molecular complexity index is 1770. The topological polar surface area (TPSA) is 205 Å². The SMILES string of the molecule is C=NC[C@@]1(COP(=O)(O)OC[C@@H](COCCCCCCCCCCCCCCCCCC)OCc2ccc(OC)c(C#N)c2)C[C@@H](O)[C@H](c2ccc3c(N)ncnn23)O1. The first-order chi connectivity index (χ1) is 28.6. The number of anilines is 1. The zero-order chi connectivity index (χ0) is 42.4. The van der Waals surface area contributed by atoms with Gasteiger partial charge in [0.15, 0.2) is 5.82 Å². The maximum atomic E-state index is 13.3. The molecule has 1 saturated heterocycles. The Labute approximate surface area is 350 Å². The lowest BCUT2D eigenvalue weighted by Crippen LogP contribution is -2.37. The molecule has 1 aliphatic rings. The van der Waals surface area contributed by atoms with E-state index in [-0.39, 0.29) is 38.6 Å². The quantitative estimate of drug-likeness (QED) is 0.0307. The lowest BCUT2D eigenvalue weighted by Gasteiger charge is -2.28. The third-order valence-corrected chi connectivity index (χ3v) is 11.7. The van der Waals surface area contributed by atoms with E-state index in [1.807, 2.05) is 0 Å². The van der Waals surface area contributed by atoms with Crippen molar-refractivity contribution in [1.29, 1.82) is 5.26 Å². The summed E-state index contributed by atoms with van der Waals surface area (Å²) < 4.78 is 49.3. The number of aliphatic imine (C=N–C) groups is 1. The van der Waals surface area contributed by atoms with Crippen molar-refractivity contribution in [1.82, 2.24) is 14.6 Å². The number of methoxy groups -OCH3 is 1. The molecule has 1 fully saturated rings. The third-order valence-electron chi connectivity index (χ3n) is 10.7. The molecule has 0 aliphatic carbocycles. The Kier molecular flexibility index (Phi) is 21.3. The van der Waals surface area contributed by atoms with Crippen LogP contribution >= 0.6 is 7.82 Å². The van der Waals surface area contributed by atoms with Crippen LogP contribution < -0.4 is 10.5 Å². The number of hydrogen-bond acceptors (Lipinski definition) is 13. The number of aliphatic hydroxyl groups excluding tert-OH is 1. The Morgan fingerprint density at radius 2 is 1.68 bits per heavy atom. The summed E-state index contributed by atoms with van der Waals surface area (Å²) in [5.74, 6) is 0.718. The van der Waals surface area contributed by atoms with Gasteiger partial charge in [-0.15, -0.1) is 0 Å². The summed E-state index contributed by atoms with van der Waals surface area (Å²) >= 11 is 0. The van der Waals surface area contributed by atoms with E-state index >= 15 is 0 Å². The van der Waals surface area contributed by atoms with Crippen LogP contribution in [0.15, 0.2) is 41.7 Å². The van der Waals surface area contributed by atoms with E-state index in [9.17, 15) is 19.8 Å². The van der Waals surface area contributed by atoms with Gasteiger partial charge in [0.05, 0.1) is 57.4 Å². The highest BCUT2D eigenvalue weighted by Gasteiger charge is 2.49. The van der Waals surface area contributed by atoms with Crippen molar-refractivity contribution >= 4 is 25.9 Å². The fraction of sp³-hybridized carbons (Fsp3) is 0.674. The van der Waals surface area contributed by atoms with Crippen LogP contribution in [0, 0.1) is 11.3 Å². The molecular weight excluding hydrogens is 775 g/mol. The molecule has 16 heteroatoms. The molecule has 0 amide bonds. The van der Waals surface area contributed by atoms with Gasteiger partial charge in [0.25, 0.3) is 0 Å². The number of nitriles is 1. The molecule has 328 valence electrons. The van der Waals surface area contributed by atoms with Crippen LogP contribution in [0.2, 0.25) is 0 Å². The normalized spacial score (nSPS) is 19.4. The van der Waals surface area contributed by atoms with Crippen LogP contribution in [-0.4, -0.2) is 89.2 Å². The fourth-order valence-corrected chi connectivity index (χ4v) is 8.27. The van der Waals surface area contributed by atoms with E-state index in [1.54, 1.807) is 30.3 Å². The minimum atomic E-state index is -4.67. The summed E-state index contributed by atoms with van der Waals surface area (Å²) in [7, 11) is -3.17. The number of ether oxygens (including phenoxy) is 4. The molecule has 1 aliphatic heterocycles. The highest BCUT2D eigenvalue weighted by molar-refractivity contribution is 7.47. The first-order valence-corrected chi connectivity index (χ1v) is 22.9. The zero-order valence-electron chi connectivity index (χ0n) is 35.2. The van der Waals surface area contributed by atoms with Gasteiger partial charge in [-0.1, -0.05) is 109 Å². The number of nitrogens with zero attached hydrogens (tertiary/aromatic N) is 5. The molecule has 59 heavy (non-hydrogen) atoms. The average molecular weight is 843 g/mol. The second-order valence-corrected chi connectivity index (χ2v) is 17.0. The number of unbranched alkanes of at least 4 members (excludes halogenated alkanes) is 15. The first kappa shape index (κ1) is 48.2. The monoisotopic (exact) mass is 842 g/mol. The molecule has 2 aromatic heterocycles. The summed E-state index contributed by atoms with van der Waals surface area (Å²) in [5, 5.41) is 24.8. The molecule has 0 spiro atoms. The van der Waals surface area contributed by atoms with Crippen LogP contribution in [0.5, 0.6) is 5.75 Å². The molecule has 1 unspecified atom stereocenters. The lowest BCUT2D eigenvalue weighted by atomic mass is 9.98. The van der Waals surface area contributed by atoms with Gasteiger partial charge < -0.3 is 34.7 Å². The van der Waals surface area contributed by atoms with Gasteiger partial charge in [0.2, 0.25) is 0 Å². The molecule has 4 N–H and O–H groups in total. The van der Waals surface area contributed by atoms with Crippen LogP contribution in [0.1, 0.15) is 139 Å². The first-order valence-electron chi connectivity index (χ1n) is 21.4. The van der Waals surface area contributed by atoms with Gasteiger partial charge in [0, 0.05) is 13.0 Å². The second kappa shape index (κ2) is 26.0. The number of rotatable bonds is 32. The highest BCUT2D eigenvalue weighted by atomic mass is 31.2. The van der Waals surface area contributed by atoms with Crippen molar-refractivity contribution in [2.45, 2.75) is 147 Å². The molecular formula is C43H67N6O9P. The lowest BCUT2D eigenvalue weighted by molar-refractivity contribution is -0.0805. The van der Waals surface area contributed by atoms with E-state index in [4.69, 9.17) is 33.7 Å². The summed E-state index contributed by atoms with van der Waals surface area (Å²) in [6, 6.07) is 10.7. The Morgan fingerprint density at radius 1 is 1.02 bits per heavy atom. The van der Waals surface area contributed by atoms with E-state index in [1.165, 1.54) is 101 Å². The van der Waals surface area contributed by atoms with Crippen molar-refractivity contribution in [2.24, 2.45) is 4.99 Å². The molecule has 0 saturated carbocycles. The summed E-state index contributed by atoms with van der Waals surface area (Å²) in [6.45, 7) is 5.80. The number of benzene rings is 1. The number of fused-ring (bicyclic) bond motifs is 1. The Morgan fingerprint density at radius 3 is 2.31 bits per heavy atom. The zero-order valence-corrected chi connectivity index (χ0v) is 36.1. The van der Waals surface area contributed by atoms with Gasteiger partial charge in [-0.2, -0.15) is 10.4 Å². The van der Waals surface area contributed by atoms with Crippen molar-refractivity contribution in [2.75, 3.05) is 45.8 Å². The third kappa shape index (κ3) is 16.2. The van der Waals surface area contributed by atoms with E-state index < -0.39 is 38.3 Å². The predicted octanol–water partition coefficient (Wildman–Crippen LogP) is 8.45. The van der Waals surface area contributed by atoms with Gasteiger partial charge >= 0.3 is 7.82 Å². The fourth-order valence-electron chi connectivity index (χ4n) is 7.45. The molecule has 3 heterocycles. The van der Waals surface area contributed by atoms with Crippen LogP contribution in [0.25, 0.3) is 5.52 Å². The molecule has 4 rings (SSSR count). The molecule has 3 aromatic rings. The summed E-state index contributed by atoms with van der Waals surface area (Å²) in [5.41, 5.74) is 6.85. The number of aliphatic hydroxyl groups is 1. The second-order valence-electron chi connectivity index (χ2n) is 15.6. The van der Waals surface area contributed by atoms with Gasteiger partial charge in [-0.05, 0) is 43.0 Å². The van der Waals surface area contributed by atoms with Gasteiger partial charge in [-0.3, -0.25) is 14.0 Å². The molecule has 1 aromatic carbocycles. The van der Waals surface area contributed by atoms with E-state index in [0.29, 0.717) is 34.7 Å². The van der Waals surface area contributed by atoms with Crippen molar-refractivity contribution in [3.63, 3.8) is 0 Å². The minimum absolute atomic E-state index is 0.0214. The summed E-state index contributed by atoms with van der Waals surface area (Å²) in [4.78, 5) is 18.8. The number of nitrogen functional groups attached to an aromatic ring is 1. The minimum Gasteiger partial charge on any atom is -0.495 e. The summed E-state index contributed by atoms with van der Waals surface area (Å²) in [6.07, 6.45) is 19.3. The number of phosphoric acid groups is 1. The largest absolute Gasteiger partial charge is 0.495 e. The van der Waals surface area contributed by atoms with Crippen molar-refractivity contribution in [3.8, 4) is 11.8 Å². The molecule has 5 atom stereocenters. The van der Waals surface area contributed by atoms with Crippen LogP contribution in [-0.2, 0) is 34.4 Å². The Balaban J connectivity index is 1.21. The van der Waals surface area contributed by atoms with E-state index in [2.05, 4.69) is 34.8 Å². The highest BCUT2D eigenvalue weighted by Crippen LogP contribution is 2.48. The molecule has 15 nitrogen and oxygen atoms in total. The number of hydrogen-bond donors (Lipinski definition) is 3. The number of aromatic nitrogens is 3. The maximum Gasteiger partial charge on any atom is 0.472 e. The predicted molar refractivity (Wildman–Crippen MR) is 227 cm³/mol. The van der Waals surface area contributed by atoms with Crippen molar-refractivity contribution < 1.29 is 42.6 Å². The van der Waals surface area contributed by atoms with Gasteiger partial charge in [-0.25, -0.2) is 14.1 Å². The standard InChI is InChI=1S/C43H67N6O9P/c1-4-5-6-7-8-9-10-11-12-13-14-15-16-17-18-19-24-54-29-36(55-28-34-20-23-40(53-3)35(25-34)27-44)30-56-59(51,52)57-32-43(31-46-2)26-39(50)41(58-43)37-21-22-38-42(45)47-33-48-49(37)38/h20-23,25,33,36,39,41,50H,2,4-19,24,26,28-32H2,1,3H3,(H,51,52)(H2,45,47,48)/t36-,39-,41+,43-/m1/s1. The smallest absolute Gasteiger partial charge is 0.472 e. The number of nitrogens with two attached hydrogens (primary N) is 1. The maximum absolute atomic E-state index is 13.3. The molecule has 0 bridgehead atoms. The Hall–Kier alpha value is -3.45. The molecule has 0 radical (unpaired) electrons. The van der Waals surface area contributed by atoms with Gasteiger partial charge in [0.1, 0.15) is 41.5 Å². The van der Waals surface area contributed by atoms with E-state index in [0.717, 1.165) is 19.3 Å². The van der Waals surface area contributed by atoms with Crippen LogP contribution in [0.3, 0.4) is 0 Å². The average Bonchev–Trinajstić information content (AvgIpc) is 3.81. The van der Waals surface area contributed by atoms with Crippen molar-refractivity contribution in [3.05, 3.63) is 53.5 Å².